The van der Waals surface area contributed by atoms with Gasteiger partial charge in [0.2, 0.25) is 5.91 Å². The molecular weight excluding hydrogens is 532 g/mol. The number of halogens is 1. The molecule has 1 N–H and O–H groups in total. The first-order valence-electron chi connectivity index (χ1n) is 13.1. The molecule has 2 atom stereocenters. The summed E-state index contributed by atoms with van der Waals surface area (Å²) in [5.41, 5.74) is 6.57. The van der Waals surface area contributed by atoms with Crippen molar-refractivity contribution < 1.29 is 14.4 Å². The number of thiazole rings is 1. The van der Waals surface area contributed by atoms with Gasteiger partial charge in [-0.3, -0.25) is 9.59 Å². The summed E-state index contributed by atoms with van der Waals surface area (Å²) in [4.78, 5) is 45.6. The number of aryl methyl sites for hydroxylation is 1. The Morgan fingerprint density at radius 3 is 2.49 bits per heavy atom. The normalized spacial score (nSPS) is 17.8. The average molecular weight is 569 g/mol. The Kier molecular flexibility index (Phi) is 10.8. The monoisotopic (exact) mass is 568 g/mol. The quantitative estimate of drug-likeness (QED) is 0.425. The van der Waals surface area contributed by atoms with Crippen molar-refractivity contribution in [3.8, 4) is 10.4 Å². The minimum Gasteiger partial charge on any atom is -0.331 e. The number of nitrogens with one attached hydrogen (secondary N) is 1. The Hall–Kier alpha value is -3.07. The molecule has 0 radical (unpaired) electrons. The number of amides is 2. The lowest BCUT2D eigenvalue weighted by Gasteiger charge is -2.34. The molecule has 1 saturated heterocycles. The maximum absolute atomic E-state index is 13.0. The van der Waals surface area contributed by atoms with Crippen molar-refractivity contribution in [3.05, 3.63) is 76.4 Å². The predicted octanol–water partition coefficient (Wildman–Crippen LogP) is 5.12. The molecule has 1 aromatic carbocycles. The molecule has 3 heterocycles. The number of likely N-dealkylation sites (tertiary alicyclic amines) is 1. The second-order valence-corrected chi connectivity index (χ2v) is 11.3. The number of aromatic nitrogens is 1. The standard InChI is InChI=1S/C18H23ClN2O3.C12H14N2S/c1-5-14-15(12(4)19)9-21(17(14)23)16(11(2)3)18(24)20-8-6-7-13(20)10-22;1-9-12(15-8-14-9)11-5-3-10(4-6-11)7-13-2/h5,10-11,13,16H,1,4,6-9H2,2-3H3;3-6,8,13H,7H2,1-2H3. The van der Waals surface area contributed by atoms with Crippen molar-refractivity contribution in [3.63, 3.8) is 0 Å². The highest BCUT2D eigenvalue weighted by atomic mass is 35.5. The Morgan fingerprint density at radius 1 is 1.31 bits per heavy atom. The molecule has 208 valence electrons. The van der Waals surface area contributed by atoms with Gasteiger partial charge in [-0.2, -0.15) is 0 Å². The Labute approximate surface area is 240 Å². The lowest BCUT2D eigenvalue weighted by atomic mass is 10.0. The van der Waals surface area contributed by atoms with Gasteiger partial charge in [0.25, 0.3) is 5.91 Å². The highest BCUT2D eigenvalue weighted by molar-refractivity contribution is 7.13. The van der Waals surface area contributed by atoms with Gasteiger partial charge in [-0.1, -0.05) is 68.9 Å². The molecule has 7 nitrogen and oxygen atoms in total. The third-order valence-corrected chi connectivity index (χ3v) is 8.18. The summed E-state index contributed by atoms with van der Waals surface area (Å²) in [6.45, 7) is 14.9. The van der Waals surface area contributed by atoms with Crippen molar-refractivity contribution in [2.45, 2.75) is 52.2 Å². The predicted molar refractivity (Wildman–Crippen MR) is 158 cm³/mol. The lowest BCUT2D eigenvalue weighted by Crippen LogP contribution is -2.53. The summed E-state index contributed by atoms with van der Waals surface area (Å²) in [5.74, 6) is -0.545. The van der Waals surface area contributed by atoms with Gasteiger partial charge in [0, 0.05) is 35.8 Å². The summed E-state index contributed by atoms with van der Waals surface area (Å²) < 4.78 is 0. The fourth-order valence-electron chi connectivity index (χ4n) is 4.99. The number of benzene rings is 1. The Balaban J connectivity index is 0.000000239. The van der Waals surface area contributed by atoms with Crippen molar-refractivity contribution in [1.82, 2.24) is 20.1 Å². The van der Waals surface area contributed by atoms with E-state index in [4.69, 9.17) is 11.6 Å². The third-order valence-electron chi connectivity index (χ3n) is 6.98. The van der Waals surface area contributed by atoms with Crippen LogP contribution in [0.25, 0.3) is 10.4 Å². The lowest BCUT2D eigenvalue weighted by molar-refractivity contribution is -0.146. The minimum atomic E-state index is -0.637. The molecule has 39 heavy (non-hydrogen) atoms. The summed E-state index contributed by atoms with van der Waals surface area (Å²) in [7, 11) is 1.96. The van der Waals surface area contributed by atoms with Crippen LogP contribution in [0, 0.1) is 12.8 Å². The van der Waals surface area contributed by atoms with E-state index < -0.39 is 12.1 Å². The maximum atomic E-state index is 13.0. The average Bonchev–Trinajstić information content (AvgIpc) is 3.64. The van der Waals surface area contributed by atoms with Gasteiger partial charge < -0.3 is 19.9 Å². The van der Waals surface area contributed by atoms with Crippen LogP contribution in [-0.2, 0) is 20.9 Å². The van der Waals surface area contributed by atoms with E-state index in [9.17, 15) is 14.4 Å². The number of hydrogen-bond acceptors (Lipinski definition) is 6. The highest BCUT2D eigenvalue weighted by Gasteiger charge is 2.42. The van der Waals surface area contributed by atoms with E-state index in [2.05, 4.69) is 47.7 Å². The van der Waals surface area contributed by atoms with Crippen LogP contribution in [0.5, 0.6) is 0 Å². The molecular formula is C30H37ClN4O3S. The topological polar surface area (TPSA) is 82.6 Å². The highest BCUT2D eigenvalue weighted by Crippen LogP contribution is 2.32. The number of carbonyl (C=O) groups is 3. The van der Waals surface area contributed by atoms with Gasteiger partial charge in [-0.05, 0) is 43.9 Å². The second-order valence-electron chi connectivity index (χ2n) is 9.99. The van der Waals surface area contributed by atoms with Crippen LogP contribution in [0.15, 0.2) is 65.2 Å². The summed E-state index contributed by atoms with van der Waals surface area (Å²) in [6.07, 6.45) is 3.74. The third kappa shape index (κ3) is 6.93. The van der Waals surface area contributed by atoms with Gasteiger partial charge in [-0.15, -0.1) is 11.3 Å². The zero-order chi connectivity index (χ0) is 28.7. The summed E-state index contributed by atoms with van der Waals surface area (Å²) >= 11 is 7.70. The molecule has 2 aliphatic rings. The van der Waals surface area contributed by atoms with Crippen LogP contribution in [0.2, 0.25) is 0 Å². The van der Waals surface area contributed by atoms with E-state index in [1.54, 1.807) is 16.2 Å². The molecule has 1 fully saturated rings. The minimum absolute atomic E-state index is 0.0941. The zero-order valence-corrected chi connectivity index (χ0v) is 24.6. The van der Waals surface area contributed by atoms with Crippen molar-refractivity contribution in [1.29, 1.82) is 0 Å². The van der Waals surface area contributed by atoms with Crippen molar-refractivity contribution in [2.24, 2.45) is 5.92 Å². The molecule has 4 rings (SSSR count). The number of hydrogen-bond donors (Lipinski definition) is 1. The zero-order valence-electron chi connectivity index (χ0n) is 23.1. The van der Waals surface area contributed by atoms with Gasteiger partial charge in [0.1, 0.15) is 12.3 Å². The second kappa shape index (κ2) is 13.8. The number of nitrogens with zero attached hydrogens (tertiary/aromatic N) is 3. The summed E-state index contributed by atoms with van der Waals surface area (Å²) in [5, 5.41) is 3.42. The van der Waals surface area contributed by atoms with E-state index in [1.807, 2.05) is 33.3 Å². The van der Waals surface area contributed by atoms with Crippen LogP contribution < -0.4 is 5.32 Å². The number of aldehydes is 1. The Bertz CT molecular complexity index is 1250. The summed E-state index contributed by atoms with van der Waals surface area (Å²) in [6, 6.07) is 7.60. The van der Waals surface area contributed by atoms with Crippen molar-refractivity contribution >= 4 is 41.0 Å². The van der Waals surface area contributed by atoms with Gasteiger partial charge in [-0.25, -0.2) is 4.98 Å². The van der Waals surface area contributed by atoms with E-state index >= 15 is 0 Å². The first-order chi connectivity index (χ1) is 18.6. The van der Waals surface area contributed by atoms with Crippen molar-refractivity contribution in [2.75, 3.05) is 20.1 Å². The van der Waals surface area contributed by atoms with Crippen LogP contribution in [0.1, 0.15) is 37.9 Å². The SMILES string of the molecule is C=CC1=C(C(=C)Cl)CN(C(C(=O)N2CCCC2C=O)C(C)C)C1=O.CNCc1ccc(-c2scnc2C)cc1. The van der Waals surface area contributed by atoms with E-state index in [-0.39, 0.29) is 29.3 Å². The van der Waals surface area contributed by atoms with Crippen LogP contribution in [0.3, 0.4) is 0 Å². The molecule has 9 heteroatoms. The largest absolute Gasteiger partial charge is 0.331 e. The smallest absolute Gasteiger partial charge is 0.255 e. The molecule has 2 unspecified atom stereocenters. The van der Waals surface area contributed by atoms with Gasteiger partial charge >= 0.3 is 0 Å². The van der Waals surface area contributed by atoms with E-state index in [1.165, 1.54) is 27.0 Å². The number of rotatable bonds is 9. The molecule has 2 aromatic rings. The fraction of sp³-hybridized carbons (Fsp3) is 0.400. The van der Waals surface area contributed by atoms with Gasteiger partial charge in [0.15, 0.2) is 0 Å². The molecule has 0 spiro atoms. The molecule has 1 aromatic heterocycles. The van der Waals surface area contributed by atoms with Crippen LogP contribution >= 0.6 is 22.9 Å². The van der Waals surface area contributed by atoms with Crippen LogP contribution in [-0.4, -0.2) is 65.1 Å². The Morgan fingerprint density at radius 2 is 2.00 bits per heavy atom. The van der Waals surface area contributed by atoms with Crippen LogP contribution in [0.4, 0.5) is 0 Å². The number of carbonyl (C=O) groups excluding carboxylic acids is 3. The first kappa shape index (κ1) is 30.5. The van der Waals surface area contributed by atoms with Gasteiger partial charge in [0.05, 0.1) is 22.1 Å². The first-order valence-corrected chi connectivity index (χ1v) is 14.3. The molecule has 0 aliphatic carbocycles. The maximum Gasteiger partial charge on any atom is 0.255 e. The molecule has 2 amide bonds. The van der Waals surface area contributed by atoms with E-state index in [0.717, 1.165) is 24.9 Å². The fourth-order valence-corrected chi connectivity index (χ4v) is 5.96. The molecule has 0 bridgehead atoms. The molecule has 2 aliphatic heterocycles. The molecule has 0 saturated carbocycles. The van der Waals surface area contributed by atoms with E-state index in [0.29, 0.717) is 24.1 Å².